The fourth-order valence-corrected chi connectivity index (χ4v) is 5.17. The summed E-state index contributed by atoms with van der Waals surface area (Å²) in [5.74, 6) is 0.432. The average Bonchev–Trinajstić information content (AvgIpc) is 2.74. The summed E-state index contributed by atoms with van der Waals surface area (Å²) in [6, 6.07) is 23.9. The Hall–Kier alpha value is -2.77. The minimum Gasteiger partial charge on any atom is -0.324 e. The lowest BCUT2D eigenvalue weighted by atomic mass is 10.2. The van der Waals surface area contributed by atoms with E-state index < -0.39 is 22.0 Å². The zero-order valence-corrected chi connectivity index (χ0v) is 19.4. The predicted molar refractivity (Wildman–Crippen MR) is 129 cm³/mol. The Morgan fingerprint density at radius 3 is 2.16 bits per heavy atom. The van der Waals surface area contributed by atoms with E-state index >= 15 is 0 Å². The molecule has 3 rings (SSSR count). The second-order valence-corrected chi connectivity index (χ2v) is 10.3. The lowest BCUT2D eigenvalue weighted by molar-refractivity contribution is -0.116. The molecule has 1 N–H and O–H groups in total. The van der Waals surface area contributed by atoms with Crippen LogP contribution in [0.15, 0.2) is 83.8 Å². The smallest absolute Gasteiger partial charge is 0.247 e. The predicted octanol–water partition coefficient (Wildman–Crippen LogP) is 5.08. The van der Waals surface area contributed by atoms with Gasteiger partial charge in [0.1, 0.15) is 6.04 Å². The molecule has 3 aromatic rings. The first-order valence-electron chi connectivity index (χ1n) is 9.88. The molecular weight excluding hydrogens is 428 g/mol. The molecule has 0 saturated carbocycles. The molecule has 0 aliphatic heterocycles. The van der Waals surface area contributed by atoms with Crippen LogP contribution in [0.1, 0.15) is 18.1 Å². The van der Waals surface area contributed by atoms with Crippen molar-refractivity contribution in [3.63, 3.8) is 0 Å². The van der Waals surface area contributed by atoms with E-state index in [1.807, 2.05) is 61.5 Å². The lowest BCUT2D eigenvalue weighted by Gasteiger charge is -2.28. The number of nitrogens with one attached hydrogen (secondary N) is 1. The van der Waals surface area contributed by atoms with Gasteiger partial charge in [-0.15, -0.1) is 11.8 Å². The monoisotopic (exact) mass is 454 g/mol. The molecule has 0 fully saturated rings. The van der Waals surface area contributed by atoms with Crippen LogP contribution in [-0.2, 0) is 20.6 Å². The van der Waals surface area contributed by atoms with E-state index in [4.69, 9.17) is 0 Å². The standard InChI is InChI=1S/C24H26N2O3S2/c1-18-9-15-22(16-10-18)26(31(3,28)29)19(2)24(27)25-21-13-11-20(12-14-21)17-30-23-7-5-4-6-8-23/h4-16,19H,17H2,1-3H3,(H,25,27)/t19-/m1/s1. The van der Waals surface area contributed by atoms with Gasteiger partial charge in [0.25, 0.3) is 0 Å². The summed E-state index contributed by atoms with van der Waals surface area (Å²) in [5.41, 5.74) is 3.24. The second-order valence-electron chi connectivity index (χ2n) is 7.36. The Bertz CT molecular complexity index is 1110. The van der Waals surface area contributed by atoms with Crippen LogP contribution >= 0.6 is 11.8 Å². The Balaban J connectivity index is 1.67. The largest absolute Gasteiger partial charge is 0.324 e. The van der Waals surface area contributed by atoms with Gasteiger partial charge in [0.05, 0.1) is 11.9 Å². The van der Waals surface area contributed by atoms with Crippen molar-refractivity contribution in [2.75, 3.05) is 15.9 Å². The minimum absolute atomic E-state index is 0.391. The summed E-state index contributed by atoms with van der Waals surface area (Å²) in [7, 11) is -3.64. The van der Waals surface area contributed by atoms with Crippen molar-refractivity contribution in [1.82, 2.24) is 0 Å². The molecule has 0 aliphatic rings. The normalized spacial score (nSPS) is 12.2. The zero-order chi connectivity index (χ0) is 22.4. The Kier molecular flexibility index (Phi) is 7.41. The number of rotatable bonds is 8. The van der Waals surface area contributed by atoms with E-state index in [0.717, 1.165) is 27.4 Å². The Morgan fingerprint density at radius 2 is 1.58 bits per heavy atom. The van der Waals surface area contributed by atoms with Gasteiger partial charge in [0.2, 0.25) is 15.9 Å². The highest BCUT2D eigenvalue weighted by Crippen LogP contribution is 2.24. The molecule has 3 aromatic carbocycles. The van der Waals surface area contributed by atoms with E-state index in [9.17, 15) is 13.2 Å². The van der Waals surface area contributed by atoms with Crippen LogP contribution < -0.4 is 9.62 Å². The van der Waals surface area contributed by atoms with Gasteiger partial charge in [0.15, 0.2) is 0 Å². The molecule has 0 unspecified atom stereocenters. The van der Waals surface area contributed by atoms with Crippen LogP contribution in [0.25, 0.3) is 0 Å². The van der Waals surface area contributed by atoms with E-state index in [1.165, 1.54) is 4.90 Å². The van der Waals surface area contributed by atoms with E-state index in [1.54, 1.807) is 30.8 Å². The van der Waals surface area contributed by atoms with Crippen molar-refractivity contribution in [1.29, 1.82) is 0 Å². The zero-order valence-electron chi connectivity index (χ0n) is 17.8. The Labute approximate surface area is 188 Å². The van der Waals surface area contributed by atoms with Gasteiger partial charge >= 0.3 is 0 Å². The van der Waals surface area contributed by atoms with Crippen LogP contribution in [0.3, 0.4) is 0 Å². The van der Waals surface area contributed by atoms with Gasteiger partial charge in [0, 0.05) is 16.3 Å². The van der Waals surface area contributed by atoms with Crippen LogP contribution in [0, 0.1) is 6.92 Å². The van der Waals surface area contributed by atoms with Gasteiger partial charge in [-0.05, 0) is 55.8 Å². The lowest BCUT2D eigenvalue weighted by Crippen LogP contribution is -2.45. The number of amides is 1. The molecule has 0 spiro atoms. The second kappa shape index (κ2) is 10.0. The van der Waals surface area contributed by atoms with Crippen molar-refractivity contribution in [2.24, 2.45) is 0 Å². The van der Waals surface area contributed by atoms with Crippen molar-refractivity contribution >= 4 is 39.1 Å². The molecule has 5 nitrogen and oxygen atoms in total. The third-order valence-electron chi connectivity index (χ3n) is 4.75. The van der Waals surface area contributed by atoms with Crippen molar-refractivity contribution < 1.29 is 13.2 Å². The van der Waals surface area contributed by atoms with Gasteiger partial charge in [-0.2, -0.15) is 0 Å². The van der Waals surface area contributed by atoms with E-state index in [0.29, 0.717) is 11.4 Å². The summed E-state index contributed by atoms with van der Waals surface area (Å²) >= 11 is 1.74. The highest BCUT2D eigenvalue weighted by molar-refractivity contribution is 7.98. The fraction of sp³-hybridized carbons (Fsp3) is 0.208. The van der Waals surface area contributed by atoms with Crippen molar-refractivity contribution in [3.05, 3.63) is 90.0 Å². The number of carbonyl (C=O) groups excluding carboxylic acids is 1. The molecular formula is C24H26N2O3S2. The molecule has 162 valence electrons. The number of anilines is 2. The number of benzene rings is 3. The number of thioether (sulfide) groups is 1. The number of sulfonamides is 1. The first kappa shape index (κ1) is 22.9. The highest BCUT2D eigenvalue weighted by atomic mass is 32.2. The number of aryl methyl sites for hydroxylation is 1. The topological polar surface area (TPSA) is 66.5 Å². The van der Waals surface area contributed by atoms with Gasteiger partial charge in [-0.25, -0.2) is 8.42 Å². The van der Waals surface area contributed by atoms with Crippen LogP contribution in [-0.4, -0.2) is 26.6 Å². The third kappa shape index (κ3) is 6.35. The first-order valence-corrected chi connectivity index (χ1v) is 12.7. The molecule has 0 bridgehead atoms. The highest BCUT2D eigenvalue weighted by Gasteiger charge is 2.29. The number of carbonyl (C=O) groups is 1. The molecule has 0 saturated heterocycles. The van der Waals surface area contributed by atoms with Gasteiger partial charge < -0.3 is 5.32 Å². The van der Waals surface area contributed by atoms with Crippen LogP contribution in [0.2, 0.25) is 0 Å². The maximum Gasteiger partial charge on any atom is 0.247 e. The molecule has 1 atom stereocenters. The Morgan fingerprint density at radius 1 is 0.968 bits per heavy atom. The van der Waals surface area contributed by atoms with Crippen LogP contribution in [0.5, 0.6) is 0 Å². The van der Waals surface area contributed by atoms with Crippen LogP contribution in [0.4, 0.5) is 11.4 Å². The molecule has 0 heterocycles. The third-order valence-corrected chi connectivity index (χ3v) is 7.07. The van der Waals surface area contributed by atoms with Crippen molar-refractivity contribution in [2.45, 2.75) is 30.5 Å². The average molecular weight is 455 g/mol. The summed E-state index contributed by atoms with van der Waals surface area (Å²) in [4.78, 5) is 14.0. The van der Waals surface area contributed by atoms with E-state index in [-0.39, 0.29) is 0 Å². The summed E-state index contributed by atoms with van der Waals surface area (Å²) < 4.78 is 25.9. The SMILES string of the molecule is Cc1ccc(N([C@H](C)C(=O)Nc2ccc(CSc3ccccc3)cc2)S(C)(=O)=O)cc1. The van der Waals surface area contributed by atoms with Gasteiger partial charge in [-0.1, -0.05) is 48.0 Å². The maximum atomic E-state index is 12.8. The molecule has 0 aliphatic carbocycles. The first-order chi connectivity index (χ1) is 14.7. The van der Waals surface area contributed by atoms with E-state index in [2.05, 4.69) is 17.4 Å². The molecule has 7 heteroatoms. The summed E-state index contributed by atoms with van der Waals surface area (Å²) in [5, 5.41) is 2.82. The summed E-state index contributed by atoms with van der Waals surface area (Å²) in [6.45, 7) is 3.51. The van der Waals surface area contributed by atoms with Gasteiger partial charge in [-0.3, -0.25) is 9.10 Å². The number of hydrogen-bond acceptors (Lipinski definition) is 4. The molecule has 0 radical (unpaired) electrons. The maximum absolute atomic E-state index is 12.8. The molecule has 1 amide bonds. The number of hydrogen-bond donors (Lipinski definition) is 1. The molecule has 31 heavy (non-hydrogen) atoms. The van der Waals surface area contributed by atoms with Crippen molar-refractivity contribution in [3.8, 4) is 0 Å². The fourth-order valence-electron chi connectivity index (χ4n) is 3.11. The number of nitrogens with zero attached hydrogens (tertiary/aromatic N) is 1. The summed E-state index contributed by atoms with van der Waals surface area (Å²) in [6.07, 6.45) is 1.11. The quantitative estimate of drug-likeness (QED) is 0.482. The minimum atomic E-state index is -3.64. The molecule has 0 aromatic heterocycles.